The number of carbonyl (C=O) groups excluding carboxylic acids is 1. The summed E-state index contributed by atoms with van der Waals surface area (Å²) in [7, 11) is 0. The molecule has 0 aliphatic carbocycles. The number of hydrogen-bond acceptors (Lipinski definition) is 2. The van der Waals surface area contributed by atoms with Crippen molar-refractivity contribution in [3.8, 4) is 11.1 Å². The summed E-state index contributed by atoms with van der Waals surface area (Å²) >= 11 is 5.85. The summed E-state index contributed by atoms with van der Waals surface area (Å²) in [4.78, 5) is 10.9. The molecular formula is C13H10ClNO. The van der Waals surface area contributed by atoms with Crippen LogP contribution >= 0.6 is 11.6 Å². The monoisotopic (exact) mass is 231 g/mol. The number of aldehydes is 1. The van der Waals surface area contributed by atoms with Gasteiger partial charge in [0, 0.05) is 5.56 Å². The van der Waals surface area contributed by atoms with Gasteiger partial charge in [-0.25, -0.2) is 0 Å². The second kappa shape index (κ2) is 4.37. The minimum atomic E-state index is 0.514. The third-order valence-electron chi connectivity index (χ3n) is 2.39. The summed E-state index contributed by atoms with van der Waals surface area (Å²) in [6.45, 7) is 0. The molecule has 0 aliphatic heterocycles. The van der Waals surface area contributed by atoms with Gasteiger partial charge in [0.15, 0.2) is 6.29 Å². The average molecular weight is 232 g/mol. The Morgan fingerprint density at radius 2 is 1.88 bits per heavy atom. The standard InChI is InChI=1S/C13H10ClNO/c14-12-6-5-9(7-13(12)15)11-4-2-1-3-10(11)8-16/h1-8H,15H2. The molecule has 2 nitrogen and oxygen atoms in total. The van der Waals surface area contributed by atoms with Gasteiger partial charge in [0.25, 0.3) is 0 Å². The molecule has 2 N–H and O–H groups in total. The van der Waals surface area contributed by atoms with Crippen LogP contribution in [0.2, 0.25) is 5.02 Å². The molecule has 0 saturated carbocycles. The molecule has 2 aromatic carbocycles. The van der Waals surface area contributed by atoms with Crippen molar-refractivity contribution in [2.75, 3.05) is 5.73 Å². The van der Waals surface area contributed by atoms with E-state index in [2.05, 4.69) is 0 Å². The van der Waals surface area contributed by atoms with Gasteiger partial charge >= 0.3 is 0 Å². The predicted octanol–water partition coefficient (Wildman–Crippen LogP) is 3.40. The first kappa shape index (κ1) is 10.7. The SMILES string of the molecule is Nc1cc(-c2ccccc2C=O)ccc1Cl. The van der Waals surface area contributed by atoms with Crippen molar-refractivity contribution in [2.45, 2.75) is 0 Å². The predicted molar refractivity (Wildman–Crippen MR) is 66.7 cm³/mol. The Morgan fingerprint density at radius 1 is 1.12 bits per heavy atom. The number of hydrogen-bond donors (Lipinski definition) is 1. The molecule has 0 aliphatic rings. The van der Waals surface area contributed by atoms with Crippen LogP contribution in [-0.2, 0) is 0 Å². The number of rotatable bonds is 2. The van der Waals surface area contributed by atoms with E-state index in [1.165, 1.54) is 0 Å². The third-order valence-corrected chi connectivity index (χ3v) is 2.74. The van der Waals surface area contributed by atoms with E-state index in [4.69, 9.17) is 17.3 Å². The second-order valence-electron chi connectivity index (χ2n) is 3.44. The molecule has 3 heteroatoms. The molecule has 16 heavy (non-hydrogen) atoms. The van der Waals surface area contributed by atoms with Crippen LogP contribution in [0.15, 0.2) is 42.5 Å². The Labute approximate surface area is 98.7 Å². The summed E-state index contributed by atoms with van der Waals surface area (Å²) in [5, 5.41) is 0.521. The zero-order valence-electron chi connectivity index (χ0n) is 8.48. The Balaban J connectivity index is 2.58. The highest BCUT2D eigenvalue weighted by Gasteiger charge is 2.05. The molecule has 2 rings (SSSR count). The van der Waals surface area contributed by atoms with Gasteiger partial charge in [-0.1, -0.05) is 41.9 Å². The van der Waals surface area contributed by atoms with Crippen molar-refractivity contribution in [3.63, 3.8) is 0 Å². The van der Waals surface area contributed by atoms with Crippen LogP contribution in [-0.4, -0.2) is 6.29 Å². The molecule has 0 fully saturated rings. The van der Waals surface area contributed by atoms with E-state index in [1.807, 2.05) is 24.3 Å². The van der Waals surface area contributed by atoms with E-state index in [9.17, 15) is 4.79 Å². The molecule has 0 radical (unpaired) electrons. The van der Waals surface area contributed by atoms with Gasteiger partial charge in [-0.3, -0.25) is 4.79 Å². The van der Waals surface area contributed by atoms with Crippen molar-refractivity contribution in [3.05, 3.63) is 53.1 Å². The minimum Gasteiger partial charge on any atom is -0.398 e. The van der Waals surface area contributed by atoms with Crippen LogP contribution < -0.4 is 5.73 Å². The van der Waals surface area contributed by atoms with Crippen molar-refractivity contribution in [1.29, 1.82) is 0 Å². The average Bonchev–Trinajstić information content (AvgIpc) is 2.32. The quantitative estimate of drug-likeness (QED) is 0.636. The van der Waals surface area contributed by atoms with Crippen molar-refractivity contribution < 1.29 is 4.79 Å². The van der Waals surface area contributed by atoms with Crippen molar-refractivity contribution >= 4 is 23.6 Å². The van der Waals surface area contributed by atoms with Crippen LogP contribution in [0.1, 0.15) is 10.4 Å². The van der Waals surface area contributed by atoms with Gasteiger partial charge < -0.3 is 5.73 Å². The molecule has 0 amide bonds. The number of nitrogen functional groups attached to an aromatic ring is 1. The van der Waals surface area contributed by atoms with E-state index in [1.54, 1.807) is 18.2 Å². The number of carbonyl (C=O) groups is 1. The van der Waals surface area contributed by atoms with Crippen LogP contribution in [0.25, 0.3) is 11.1 Å². The van der Waals surface area contributed by atoms with E-state index in [0.717, 1.165) is 17.4 Å². The summed E-state index contributed by atoms with van der Waals surface area (Å²) in [5.41, 5.74) is 8.64. The normalized spacial score (nSPS) is 10.1. The molecule has 0 bridgehead atoms. The zero-order chi connectivity index (χ0) is 11.5. The van der Waals surface area contributed by atoms with E-state index in [0.29, 0.717) is 16.3 Å². The van der Waals surface area contributed by atoms with Gasteiger partial charge in [-0.2, -0.15) is 0 Å². The van der Waals surface area contributed by atoms with Crippen LogP contribution in [0.3, 0.4) is 0 Å². The van der Waals surface area contributed by atoms with Crippen LogP contribution in [0, 0.1) is 0 Å². The van der Waals surface area contributed by atoms with E-state index in [-0.39, 0.29) is 0 Å². The third kappa shape index (κ3) is 1.92. The fourth-order valence-corrected chi connectivity index (χ4v) is 1.69. The van der Waals surface area contributed by atoms with Crippen LogP contribution in [0.5, 0.6) is 0 Å². The lowest BCUT2D eigenvalue weighted by atomic mass is 10.0. The number of benzene rings is 2. The summed E-state index contributed by atoms with van der Waals surface area (Å²) < 4.78 is 0. The topological polar surface area (TPSA) is 43.1 Å². The fourth-order valence-electron chi connectivity index (χ4n) is 1.57. The summed E-state index contributed by atoms with van der Waals surface area (Å²) in [6, 6.07) is 12.7. The molecule has 2 aromatic rings. The van der Waals surface area contributed by atoms with Gasteiger partial charge in [0.1, 0.15) is 0 Å². The van der Waals surface area contributed by atoms with Crippen molar-refractivity contribution in [1.82, 2.24) is 0 Å². The Kier molecular flexibility index (Phi) is 2.93. The van der Waals surface area contributed by atoms with E-state index < -0.39 is 0 Å². The summed E-state index contributed by atoms with van der Waals surface area (Å²) in [6.07, 6.45) is 0.833. The van der Waals surface area contributed by atoms with Gasteiger partial charge in [0.05, 0.1) is 10.7 Å². The number of halogens is 1. The molecular weight excluding hydrogens is 222 g/mol. The lowest BCUT2D eigenvalue weighted by Gasteiger charge is -2.06. The molecule has 0 atom stereocenters. The zero-order valence-corrected chi connectivity index (χ0v) is 9.24. The Hall–Kier alpha value is -1.80. The maximum atomic E-state index is 10.9. The van der Waals surface area contributed by atoms with E-state index >= 15 is 0 Å². The highest BCUT2D eigenvalue weighted by molar-refractivity contribution is 6.33. The number of anilines is 1. The molecule has 0 spiro atoms. The first-order valence-electron chi connectivity index (χ1n) is 4.82. The molecule has 0 aromatic heterocycles. The highest BCUT2D eigenvalue weighted by Crippen LogP contribution is 2.28. The largest absolute Gasteiger partial charge is 0.398 e. The second-order valence-corrected chi connectivity index (χ2v) is 3.85. The number of nitrogens with two attached hydrogens (primary N) is 1. The maximum Gasteiger partial charge on any atom is 0.150 e. The minimum absolute atomic E-state index is 0.514. The molecule has 0 heterocycles. The summed E-state index contributed by atoms with van der Waals surface area (Å²) in [5.74, 6) is 0. The lowest BCUT2D eigenvalue weighted by Crippen LogP contribution is -1.90. The van der Waals surface area contributed by atoms with Gasteiger partial charge in [0.2, 0.25) is 0 Å². The smallest absolute Gasteiger partial charge is 0.150 e. The van der Waals surface area contributed by atoms with Gasteiger partial charge in [-0.15, -0.1) is 0 Å². The van der Waals surface area contributed by atoms with Gasteiger partial charge in [-0.05, 0) is 23.3 Å². The highest BCUT2D eigenvalue weighted by atomic mass is 35.5. The lowest BCUT2D eigenvalue weighted by molar-refractivity contribution is 0.112. The molecule has 80 valence electrons. The van der Waals surface area contributed by atoms with Crippen molar-refractivity contribution in [2.24, 2.45) is 0 Å². The molecule has 0 unspecified atom stereocenters. The van der Waals surface area contributed by atoms with Crippen LogP contribution in [0.4, 0.5) is 5.69 Å². The Morgan fingerprint density at radius 3 is 2.56 bits per heavy atom. The fraction of sp³-hybridized carbons (Fsp3) is 0. The first-order valence-corrected chi connectivity index (χ1v) is 5.20. The maximum absolute atomic E-state index is 10.9. The molecule has 0 saturated heterocycles. The Bertz CT molecular complexity index is 537. The first-order chi connectivity index (χ1) is 7.72.